The van der Waals surface area contributed by atoms with Gasteiger partial charge in [-0.3, -0.25) is 4.79 Å². The van der Waals surface area contributed by atoms with Crippen LogP contribution in [0.15, 0.2) is 54.9 Å². The first kappa shape index (κ1) is 24.2. The number of hydrogen-bond donors (Lipinski definition) is 4. The molecule has 0 bridgehead atoms. The zero-order chi connectivity index (χ0) is 24.9. The second kappa shape index (κ2) is 10.5. The Hall–Kier alpha value is -3.98. The summed E-state index contributed by atoms with van der Waals surface area (Å²) < 4.78 is 4.52. The van der Waals surface area contributed by atoms with E-state index in [1.807, 2.05) is 63.2 Å². The summed E-state index contributed by atoms with van der Waals surface area (Å²) in [4.78, 5) is 33.0. The van der Waals surface area contributed by atoms with Crippen LogP contribution in [0.5, 0.6) is 0 Å². The number of H-pyrrole nitrogens is 1. The third-order valence-corrected chi connectivity index (χ3v) is 6.47. The molecular weight excluding hydrogens is 462 g/mol. The van der Waals surface area contributed by atoms with Crippen LogP contribution in [0.2, 0.25) is 0 Å². The molecule has 1 unspecified atom stereocenters. The number of anilines is 1. The Morgan fingerprint density at radius 3 is 2.43 bits per heavy atom. The summed E-state index contributed by atoms with van der Waals surface area (Å²) in [5, 5.41) is 15.6. The molecule has 2 heterocycles. The molecule has 0 aliphatic carbocycles. The number of carbonyl (C=O) groups excluding carboxylic acids is 1. The van der Waals surface area contributed by atoms with Gasteiger partial charge < -0.3 is 20.7 Å². The lowest BCUT2D eigenvalue weighted by atomic mass is 9.98. The number of amides is 1. The summed E-state index contributed by atoms with van der Waals surface area (Å²) in [7, 11) is 0. The minimum atomic E-state index is -1.07. The number of nitrogens with zero attached hydrogens (tertiary/aromatic N) is 2. The number of imidazole rings is 1. The van der Waals surface area contributed by atoms with Crippen LogP contribution >= 0.6 is 11.5 Å². The van der Waals surface area contributed by atoms with E-state index < -0.39 is 12.0 Å². The van der Waals surface area contributed by atoms with Crippen LogP contribution in [0.25, 0.3) is 11.3 Å². The zero-order valence-electron chi connectivity index (χ0n) is 19.8. The number of hydrogen-bond acceptors (Lipinski definition) is 6. The molecule has 35 heavy (non-hydrogen) atoms. The van der Waals surface area contributed by atoms with Crippen molar-refractivity contribution in [3.63, 3.8) is 0 Å². The number of carbonyl (C=O) groups is 2. The summed E-state index contributed by atoms with van der Waals surface area (Å²) in [6.07, 6.45) is 3.63. The molecule has 4 rings (SSSR count). The van der Waals surface area contributed by atoms with Crippen molar-refractivity contribution in [2.24, 2.45) is 0 Å². The Morgan fingerprint density at radius 2 is 1.80 bits per heavy atom. The van der Waals surface area contributed by atoms with Crippen LogP contribution < -0.4 is 10.6 Å². The summed E-state index contributed by atoms with van der Waals surface area (Å²) >= 11 is 1.41. The summed E-state index contributed by atoms with van der Waals surface area (Å²) in [5.41, 5.74) is 5.85. The molecule has 9 heteroatoms. The largest absolute Gasteiger partial charge is 0.480 e. The van der Waals surface area contributed by atoms with Crippen molar-refractivity contribution in [3.05, 3.63) is 87.6 Å². The van der Waals surface area contributed by atoms with E-state index >= 15 is 0 Å². The lowest BCUT2D eigenvalue weighted by molar-refractivity contribution is -0.139. The number of aliphatic carboxylic acids is 1. The number of nitrogens with one attached hydrogen (secondary N) is 3. The van der Waals surface area contributed by atoms with Crippen molar-refractivity contribution < 1.29 is 14.7 Å². The van der Waals surface area contributed by atoms with Gasteiger partial charge in [0.25, 0.3) is 5.91 Å². The van der Waals surface area contributed by atoms with Crippen molar-refractivity contribution in [3.8, 4) is 11.3 Å². The van der Waals surface area contributed by atoms with Gasteiger partial charge in [-0.2, -0.15) is 4.37 Å². The predicted octanol–water partition coefficient (Wildman–Crippen LogP) is 4.50. The van der Waals surface area contributed by atoms with E-state index in [2.05, 4.69) is 25.0 Å². The van der Waals surface area contributed by atoms with E-state index in [0.29, 0.717) is 18.1 Å². The molecule has 0 fully saturated rings. The second-order valence-electron chi connectivity index (χ2n) is 8.51. The number of benzene rings is 2. The quantitative estimate of drug-likeness (QED) is 0.275. The highest BCUT2D eigenvalue weighted by atomic mass is 32.1. The minimum Gasteiger partial charge on any atom is -0.480 e. The van der Waals surface area contributed by atoms with E-state index in [1.165, 1.54) is 11.5 Å². The van der Waals surface area contributed by atoms with Crippen molar-refractivity contribution >= 4 is 29.4 Å². The summed E-state index contributed by atoms with van der Waals surface area (Å²) in [6.45, 7) is 6.31. The molecule has 0 saturated heterocycles. The van der Waals surface area contributed by atoms with E-state index in [1.54, 1.807) is 12.4 Å². The van der Waals surface area contributed by atoms with Gasteiger partial charge in [0.2, 0.25) is 0 Å². The maximum atomic E-state index is 12.9. The van der Waals surface area contributed by atoms with Crippen LogP contribution in [0.1, 0.15) is 37.5 Å². The number of rotatable bonds is 9. The van der Waals surface area contributed by atoms with Crippen molar-refractivity contribution in [1.29, 1.82) is 0 Å². The van der Waals surface area contributed by atoms with Gasteiger partial charge in [0, 0.05) is 34.8 Å². The summed E-state index contributed by atoms with van der Waals surface area (Å²) in [6, 6.07) is 12.4. The molecule has 1 atom stereocenters. The molecule has 1 amide bonds. The van der Waals surface area contributed by atoms with Crippen LogP contribution in [-0.4, -0.2) is 37.4 Å². The van der Waals surface area contributed by atoms with Gasteiger partial charge in [-0.1, -0.05) is 42.0 Å². The average molecular weight is 490 g/mol. The lowest BCUT2D eigenvalue weighted by Gasteiger charge is -2.17. The molecule has 0 aliphatic heterocycles. The van der Waals surface area contributed by atoms with Crippen molar-refractivity contribution in [2.45, 2.75) is 39.8 Å². The Labute approximate surface area is 207 Å². The summed E-state index contributed by atoms with van der Waals surface area (Å²) in [5.74, 6) is -0.739. The van der Waals surface area contributed by atoms with Crippen LogP contribution in [0.4, 0.5) is 5.95 Å². The molecule has 0 aliphatic rings. The first-order valence-corrected chi connectivity index (χ1v) is 12.0. The maximum Gasteiger partial charge on any atom is 0.326 e. The van der Waals surface area contributed by atoms with Gasteiger partial charge in [-0.25, -0.2) is 9.78 Å². The Morgan fingerprint density at radius 1 is 1.09 bits per heavy atom. The number of aryl methyl sites for hydroxylation is 3. The highest BCUT2D eigenvalue weighted by molar-refractivity contribution is 7.06. The molecular formula is C26H27N5O3S. The number of carboxylic acid groups (broad SMARTS) is 1. The molecule has 0 radical (unpaired) electrons. The fourth-order valence-electron chi connectivity index (χ4n) is 4.08. The topological polar surface area (TPSA) is 120 Å². The SMILES string of the molecule is Cc1cc(C)c(C(=O)NC(Cc2ccc(-c3cc(CNc4ncc[nH]4)sn3)cc2)C(=O)O)c(C)c1. The van der Waals surface area contributed by atoms with E-state index in [4.69, 9.17) is 0 Å². The van der Waals surface area contributed by atoms with E-state index in [-0.39, 0.29) is 12.3 Å². The van der Waals surface area contributed by atoms with Gasteiger partial charge >= 0.3 is 5.97 Å². The highest BCUT2D eigenvalue weighted by Crippen LogP contribution is 2.23. The Kier molecular flexibility index (Phi) is 7.26. The molecule has 4 N–H and O–H groups in total. The first-order chi connectivity index (χ1) is 16.8. The minimum absolute atomic E-state index is 0.181. The molecule has 0 saturated carbocycles. The Balaban J connectivity index is 1.41. The monoisotopic (exact) mass is 489 g/mol. The van der Waals surface area contributed by atoms with E-state index in [9.17, 15) is 14.7 Å². The fourth-order valence-corrected chi connectivity index (χ4v) is 4.76. The van der Waals surface area contributed by atoms with Gasteiger partial charge in [0.05, 0.1) is 12.2 Å². The smallest absolute Gasteiger partial charge is 0.326 e. The van der Waals surface area contributed by atoms with Gasteiger partial charge in [-0.15, -0.1) is 0 Å². The lowest BCUT2D eigenvalue weighted by Crippen LogP contribution is -2.42. The third kappa shape index (κ3) is 5.93. The fraction of sp³-hybridized carbons (Fsp3) is 0.231. The molecule has 2 aromatic heterocycles. The van der Waals surface area contributed by atoms with Gasteiger partial charge in [0.15, 0.2) is 5.95 Å². The van der Waals surface area contributed by atoms with Gasteiger partial charge in [0.1, 0.15) is 6.04 Å². The second-order valence-corrected chi connectivity index (χ2v) is 9.40. The molecule has 8 nitrogen and oxygen atoms in total. The van der Waals surface area contributed by atoms with Crippen molar-refractivity contribution in [1.82, 2.24) is 19.7 Å². The standard InChI is InChI=1S/C26H27N5O3S/c1-15-10-16(2)23(17(3)11-15)24(32)30-22(25(33)34)12-18-4-6-19(7-5-18)21-13-20(35-31-21)14-29-26-27-8-9-28-26/h4-11,13,22H,12,14H2,1-3H3,(H,30,32)(H,33,34)(H2,27,28,29). The molecule has 4 aromatic rings. The van der Waals surface area contributed by atoms with Crippen molar-refractivity contribution in [2.75, 3.05) is 5.32 Å². The van der Waals surface area contributed by atoms with Crippen LogP contribution in [0, 0.1) is 20.8 Å². The third-order valence-electron chi connectivity index (χ3n) is 5.68. The normalized spacial score (nSPS) is 11.7. The van der Waals surface area contributed by atoms with E-state index in [0.717, 1.165) is 38.4 Å². The molecule has 180 valence electrons. The maximum absolute atomic E-state index is 12.9. The first-order valence-electron chi connectivity index (χ1n) is 11.2. The predicted molar refractivity (Wildman–Crippen MR) is 137 cm³/mol. The average Bonchev–Trinajstić information content (AvgIpc) is 3.49. The number of aromatic amines is 1. The van der Waals surface area contributed by atoms with Gasteiger partial charge in [-0.05, 0) is 55.1 Å². The Bertz CT molecular complexity index is 1310. The van der Waals surface area contributed by atoms with Crippen LogP contribution in [0.3, 0.4) is 0 Å². The molecule has 0 spiro atoms. The molecule has 2 aromatic carbocycles. The highest BCUT2D eigenvalue weighted by Gasteiger charge is 2.23. The number of carboxylic acids is 1. The van der Waals surface area contributed by atoms with Crippen LogP contribution in [-0.2, 0) is 17.8 Å². The zero-order valence-corrected chi connectivity index (χ0v) is 20.6. The number of aromatic nitrogens is 3.